The third-order valence-electron chi connectivity index (χ3n) is 4.65. The van der Waals surface area contributed by atoms with Crippen molar-refractivity contribution in [2.24, 2.45) is 5.10 Å². The van der Waals surface area contributed by atoms with Crippen LogP contribution in [0.15, 0.2) is 47.6 Å². The lowest BCUT2D eigenvalue weighted by Gasteiger charge is -2.23. The van der Waals surface area contributed by atoms with Crippen LogP contribution in [0.5, 0.6) is 0 Å². The van der Waals surface area contributed by atoms with E-state index >= 15 is 0 Å². The van der Waals surface area contributed by atoms with Gasteiger partial charge in [0.25, 0.3) is 5.91 Å². The van der Waals surface area contributed by atoms with Crippen molar-refractivity contribution >= 4 is 45.1 Å². The van der Waals surface area contributed by atoms with Gasteiger partial charge in [-0.25, -0.2) is 13.8 Å². The Bertz CT molecular complexity index is 1100. The van der Waals surface area contributed by atoms with E-state index in [0.717, 1.165) is 37.2 Å². The number of carbonyl (C=O) groups excluding carboxylic acids is 1. The van der Waals surface area contributed by atoms with Crippen molar-refractivity contribution in [3.05, 3.63) is 58.6 Å². The summed E-state index contributed by atoms with van der Waals surface area (Å²) >= 11 is 5.93. The summed E-state index contributed by atoms with van der Waals surface area (Å²) in [4.78, 5) is 14.4. The molecule has 0 unspecified atom stereocenters. The van der Waals surface area contributed by atoms with Crippen molar-refractivity contribution in [1.82, 2.24) is 5.43 Å². The lowest BCUT2D eigenvalue weighted by atomic mass is 10.2. The minimum atomic E-state index is -4.71. The summed E-state index contributed by atoms with van der Waals surface area (Å²) < 4.78 is 64.0. The van der Waals surface area contributed by atoms with Gasteiger partial charge in [-0.2, -0.15) is 18.3 Å². The first-order valence-electron chi connectivity index (χ1n) is 9.88. The Balaban J connectivity index is 2.15. The predicted molar refractivity (Wildman–Crippen MR) is 124 cm³/mol. The van der Waals surface area contributed by atoms with Crippen molar-refractivity contribution in [3.8, 4) is 0 Å². The van der Waals surface area contributed by atoms with Crippen molar-refractivity contribution in [3.63, 3.8) is 0 Å². The second kappa shape index (κ2) is 10.9. The zero-order valence-electron chi connectivity index (χ0n) is 18.2. The van der Waals surface area contributed by atoms with E-state index in [1.807, 2.05) is 26.0 Å². The molecule has 0 saturated carbocycles. The summed E-state index contributed by atoms with van der Waals surface area (Å²) in [5, 5.41) is 3.54. The molecule has 0 fully saturated rings. The molecule has 0 aromatic heterocycles. The maximum Gasteiger partial charge on any atom is 0.416 e. The Labute approximate surface area is 195 Å². The van der Waals surface area contributed by atoms with Gasteiger partial charge in [0.2, 0.25) is 10.0 Å². The molecule has 180 valence electrons. The van der Waals surface area contributed by atoms with Gasteiger partial charge < -0.3 is 4.90 Å². The summed E-state index contributed by atoms with van der Waals surface area (Å²) in [6.45, 7) is 4.99. The highest BCUT2D eigenvalue weighted by Gasteiger charge is 2.33. The molecule has 0 radical (unpaired) electrons. The van der Waals surface area contributed by atoms with Crippen LogP contribution in [0, 0.1) is 0 Å². The predicted octanol–water partition coefficient (Wildman–Crippen LogP) is 4.12. The van der Waals surface area contributed by atoms with Crippen molar-refractivity contribution in [1.29, 1.82) is 0 Å². The minimum absolute atomic E-state index is 0.252. The van der Waals surface area contributed by atoms with Crippen LogP contribution in [0.2, 0.25) is 5.02 Å². The molecule has 12 heteroatoms. The van der Waals surface area contributed by atoms with Crippen LogP contribution in [0.3, 0.4) is 0 Å². The standard InChI is InChI=1S/C21H24ClF3N4O3S/c1-4-28(5-2)17-9-6-15(7-10-17)13-26-27-20(30)14-29(33(3,31)32)19-12-16(21(23,24)25)8-11-18(19)22/h6-13H,4-5,14H2,1-3H3,(H,27,30)/b26-13-. The molecule has 0 aliphatic rings. The fourth-order valence-corrected chi connectivity index (χ4v) is 4.10. The molecular weight excluding hydrogens is 481 g/mol. The third-order valence-corrected chi connectivity index (χ3v) is 6.10. The van der Waals surface area contributed by atoms with Crippen LogP contribution in [0.4, 0.5) is 24.5 Å². The number of hydrogen-bond acceptors (Lipinski definition) is 5. The monoisotopic (exact) mass is 504 g/mol. The Morgan fingerprint density at radius 1 is 1.12 bits per heavy atom. The molecule has 0 atom stereocenters. The Morgan fingerprint density at radius 3 is 2.24 bits per heavy atom. The number of carbonyl (C=O) groups is 1. The molecule has 33 heavy (non-hydrogen) atoms. The molecule has 2 aromatic rings. The van der Waals surface area contributed by atoms with E-state index in [-0.39, 0.29) is 5.02 Å². The molecule has 7 nitrogen and oxygen atoms in total. The van der Waals surface area contributed by atoms with E-state index in [1.54, 1.807) is 12.1 Å². The van der Waals surface area contributed by atoms with Gasteiger partial charge >= 0.3 is 6.18 Å². The summed E-state index contributed by atoms with van der Waals surface area (Å²) in [7, 11) is -4.13. The van der Waals surface area contributed by atoms with Gasteiger partial charge in [-0.05, 0) is 49.7 Å². The number of hydrazone groups is 1. The SMILES string of the molecule is CCN(CC)c1ccc(/C=N\NC(=O)CN(c2cc(C(F)(F)F)ccc2Cl)S(C)(=O)=O)cc1. The summed E-state index contributed by atoms with van der Waals surface area (Å²) in [6, 6.07) is 9.63. The van der Waals surface area contributed by atoms with Crippen LogP contribution in [0.25, 0.3) is 0 Å². The van der Waals surface area contributed by atoms with E-state index in [4.69, 9.17) is 11.6 Å². The first kappa shape index (κ1) is 26.5. The third kappa shape index (κ3) is 7.36. The van der Waals surface area contributed by atoms with Crippen molar-refractivity contribution in [2.75, 3.05) is 35.1 Å². The highest BCUT2D eigenvalue weighted by molar-refractivity contribution is 7.92. The normalized spacial score (nSPS) is 12.1. The Morgan fingerprint density at radius 2 is 1.73 bits per heavy atom. The molecule has 2 aromatic carbocycles. The average molecular weight is 505 g/mol. The Hall–Kier alpha value is -2.79. The van der Waals surface area contributed by atoms with Gasteiger partial charge in [-0.15, -0.1) is 0 Å². The minimum Gasteiger partial charge on any atom is -0.372 e. The molecule has 0 aliphatic heterocycles. The van der Waals surface area contributed by atoms with Gasteiger partial charge in [-0.3, -0.25) is 9.10 Å². The van der Waals surface area contributed by atoms with E-state index in [9.17, 15) is 26.4 Å². The molecular formula is C21H24ClF3N4O3S. The largest absolute Gasteiger partial charge is 0.416 e. The van der Waals surface area contributed by atoms with Crippen LogP contribution < -0.4 is 14.6 Å². The van der Waals surface area contributed by atoms with Gasteiger partial charge in [0.05, 0.1) is 28.7 Å². The molecule has 0 saturated heterocycles. The smallest absolute Gasteiger partial charge is 0.372 e. The van der Waals surface area contributed by atoms with Crippen molar-refractivity contribution < 1.29 is 26.4 Å². The second-order valence-corrected chi connectivity index (χ2v) is 9.30. The van der Waals surface area contributed by atoms with E-state index < -0.39 is 39.9 Å². The molecule has 1 N–H and O–H groups in total. The van der Waals surface area contributed by atoms with E-state index in [2.05, 4.69) is 15.4 Å². The van der Waals surface area contributed by atoms with Crippen LogP contribution >= 0.6 is 11.6 Å². The van der Waals surface area contributed by atoms with Crippen LogP contribution in [-0.2, 0) is 21.0 Å². The van der Waals surface area contributed by atoms with Crippen LogP contribution in [0.1, 0.15) is 25.0 Å². The zero-order valence-corrected chi connectivity index (χ0v) is 19.8. The fraction of sp³-hybridized carbons (Fsp3) is 0.333. The highest BCUT2D eigenvalue weighted by atomic mass is 35.5. The molecule has 2 rings (SSSR count). The number of hydrogen-bond donors (Lipinski definition) is 1. The van der Waals surface area contributed by atoms with E-state index in [0.29, 0.717) is 15.9 Å². The quantitative estimate of drug-likeness (QED) is 0.411. The molecule has 1 amide bonds. The maximum absolute atomic E-state index is 13.0. The fourth-order valence-electron chi connectivity index (χ4n) is 2.97. The number of amides is 1. The Kier molecular flexibility index (Phi) is 8.73. The lowest BCUT2D eigenvalue weighted by Crippen LogP contribution is -2.39. The van der Waals surface area contributed by atoms with Crippen LogP contribution in [-0.4, -0.2) is 46.4 Å². The lowest BCUT2D eigenvalue weighted by molar-refractivity contribution is -0.137. The topological polar surface area (TPSA) is 82.1 Å². The van der Waals surface area contributed by atoms with Gasteiger partial charge in [0, 0.05) is 18.8 Å². The molecule has 0 heterocycles. The molecule has 0 spiro atoms. The first-order chi connectivity index (χ1) is 15.4. The van der Waals surface area contributed by atoms with Gasteiger partial charge in [0.1, 0.15) is 6.54 Å². The second-order valence-electron chi connectivity index (χ2n) is 6.99. The van der Waals surface area contributed by atoms with Gasteiger partial charge in [0.15, 0.2) is 0 Å². The highest BCUT2D eigenvalue weighted by Crippen LogP contribution is 2.36. The summed E-state index contributed by atoms with van der Waals surface area (Å²) in [5.41, 5.74) is 2.34. The number of nitrogens with zero attached hydrogens (tertiary/aromatic N) is 3. The first-order valence-corrected chi connectivity index (χ1v) is 12.1. The van der Waals surface area contributed by atoms with E-state index in [1.165, 1.54) is 6.21 Å². The number of anilines is 2. The number of sulfonamides is 1. The number of benzene rings is 2. The van der Waals surface area contributed by atoms with Crippen molar-refractivity contribution in [2.45, 2.75) is 20.0 Å². The number of nitrogens with one attached hydrogen (secondary N) is 1. The average Bonchev–Trinajstić information content (AvgIpc) is 2.73. The zero-order chi connectivity index (χ0) is 24.8. The summed E-state index contributed by atoms with van der Waals surface area (Å²) in [6.07, 6.45) is -2.58. The number of rotatable bonds is 9. The summed E-state index contributed by atoms with van der Waals surface area (Å²) in [5.74, 6) is -0.857. The number of halogens is 4. The molecule has 0 aliphatic carbocycles. The van der Waals surface area contributed by atoms with Gasteiger partial charge in [-0.1, -0.05) is 23.7 Å². The number of alkyl halides is 3. The maximum atomic E-state index is 13.0. The molecule has 0 bridgehead atoms.